The minimum Gasteiger partial charge on any atom is -0.368 e. The van der Waals surface area contributed by atoms with Gasteiger partial charge in [0.1, 0.15) is 5.82 Å². The van der Waals surface area contributed by atoms with Crippen LogP contribution in [0.2, 0.25) is 0 Å². The molecule has 1 aliphatic heterocycles. The lowest BCUT2D eigenvalue weighted by Crippen LogP contribution is -2.49. The highest BCUT2D eigenvalue weighted by Crippen LogP contribution is 2.21. The Kier molecular flexibility index (Phi) is 5.64. The van der Waals surface area contributed by atoms with Crippen molar-refractivity contribution >= 4 is 11.6 Å². The second kappa shape index (κ2) is 8.90. The SMILES string of the molecule is Cc1cccc(N2CCN(C(=O)c3nnn(Cc4cccc(F)c4)c3-n3cccc3)CC2)c1. The number of hydrogen-bond donors (Lipinski definition) is 0. The van der Waals surface area contributed by atoms with Crippen molar-refractivity contribution in [3.8, 4) is 5.82 Å². The number of aryl methyl sites for hydroxylation is 1. The number of aromatic nitrogens is 4. The van der Waals surface area contributed by atoms with E-state index in [1.54, 1.807) is 10.7 Å². The fourth-order valence-electron chi connectivity index (χ4n) is 4.23. The largest absolute Gasteiger partial charge is 0.368 e. The van der Waals surface area contributed by atoms with Crippen LogP contribution < -0.4 is 4.90 Å². The van der Waals surface area contributed by atoms with Gasteiger partial charge >= 0.3 is 0 Å². The number of carbonyl (C=O) groups excluding carboxylic acids is 1. The van der Waals surface area contributed by atoms with Crippen LogP contribution in [-0.2, 0) is 6.54 Å². The molecule has 33 heavy (non-hydrogen) atoms. The Bertz CT molecular complexity index is 1260. The van der Waals surface area contributed by atoms with Gasteiger partial charge in [-0.1, -0.05) is 29.5 Å². The Hall–Kier alpha value is -3.94. The second-order valence-corrected chi connectivity index (χ2v) is 8.26. The van der Waals surface area contributed by atoms with E-state index >= 15 is 0 Å². The van der Waals surface area contributed by atoms with Crippen molar-refractivity contribution in [3.05, 3.63) is 95.7 Å². The topological polar surface area (TPSA) is 59.2 Å². The first-order valence-corrected chi connectivity index (χ1v) is 11.0. The van der Waals surface area contributed by atoms with E-state index in [9.17, 15) is 9.18 Å². The van der Waals surface area contributed by atoms with Crippen LogP contribution in [0.1, 0.15) is 21.6 Å². The number of carbonyl (C=O) groups is 1. The molecule has 7 nitrogen and oxygen atoms in total. The van der Waals surface area contributed by atoms with E-state index in [-0.39, 0.29) is 11.7 Å². The van der Waals surface area contributed by atoms with Gasteiger partial charge in [-0.3, -0.25) is 4.79 Å². The summed E-state index contributed by atoms with van der Waals surface area (Å²) < 4.78 is 17.2. The van der Waals surface area contributed by atoms with Gasteiger partial charge in [-0.2, -0.15) is 0 Å². The second-order valence-electron chi connectivity index (χ2n) is 8.26. The molecule has 2 aromatic carbocycles. The molecule has 1 saturated heterocycles. The number of rotatable bonds is 5. The van der Waals surface area contributed by atoms with Crippen LogP contribution >= 0.6 is 0 Å². The highest BCUT2D eigenvalue weighted by Gasteiger charge is 2.28. The van der Waals surface area contributed by atoms with Gasteiger partial charge < -0.3 is 14.4 Å². The molecule has 1 fully saturated rings. The summed E-state index contributed by atoms with van der Waals surface area (Å²) in [6.07, 6.45) is 3.71. The third-order valence-electron chi connectivity index (χ3n) is 5.92. The summed E-state index contributed by atoms with van der Waals surface area (Å²) in [5, 5.41) is 8.50. The lowest BCUT2D eigenvalue weighted by atomic mass is 10.2. The van der Waals surface area contributed by atoms with Crippen LogP contribution in [0.3, 0.4) is 0 Å². The summed E-state index contributed by atoms with van der Waals surface area (Å²) in [6, 6.07) is 18.5. The summed E-state index contributed by atoms with van der Waals surface area (Å²) in [7, 11) is 0. The van der Waals surface area contributed by atoms with Crippen molar-refractivity contribution in [2.45, 2.75) is 13.5 Å². The van der Waals surface area contributed by atoms with Crippen molar-refractivity contribution in [2.24, 2.45) is 0 Å². The van der Waals surface area contributed by atoms with Crippen molar-refractivity contribution in [1.29, 1.82) is 0 Å². The third-order valence-corrected chi connectivity index (χ3v) is 5.92. The van der Waals surface area contributed by atoms with Crippen molar-refractivity contribution < 1.29 is 9.18 Å². The number of nitrogens with zero attached hydrogens (tertiary/aromatic N) is 6. The van der Waals surface area contributed by atoms with E-state index in [0.717, 1.165) is 18.7 Å². The van der Waals surface area contributed by atoms with Crippen LogP contribution in [0.15, 0.2) is 73.1 Å². The Balaban J connectivity index is 1.38. The minimum atomic E-state index is -0.307. The lowest BCUT2D eigenvalue weighted by molar-refractivity contribution is 0.0740. The number of piperazine rings is 1. The fraction of sp³-hybridized carbons (Fsp3) is 0.240. The average Bonchev–Trinajstić information content (AvgIpc) is 3.49. The Morgan fingerprint density at radius 3 is 2.45 bits per heavy atom. The number of hydrogen-bond acceptors (Lipinski definition) is 4. The minimum absolute atomic E-state index is 0.145. The molecule has 0 radical (unpaired) electrons. The summed E-state index contributed by atoms with van der Waals surface area (Å²) in [6.45, 7) is 5.12. The van der Waals surface area contributed by atoms with Crippen molar-refractivity contribution in [1.82, 2.24) is 24.5 Å². The van der Waals surface area contributed by atoms with Gasteiger partial charge in [-0.15, -0.1) is 5.10 Å². The highest BCUT2D eigenvalue weighted by atomic mass is 19.1. The van der Waals surface area contributed by atoms with E-state index < -0.39 is 0 Å². The molecule has 0 bridgehead atoms. The summed E-state index contributed by atoms with van der Waals surface area (Å²) in [5.74, 6) is 0.126. The average molecular weight is 445 g/mol. The van der Waals surface area contributed by atoms with Crippen LogP contribution in [0.5, 0.6) is 0 Å². The highest BCUT2D eigenvalue weighted by molar-refractivity contribution is 5.95. The summed E-state index contributed by atoms with van der Waals surface area (Å²) in [4.78, 5) is 17.6. The first kappa shape index (κ1) is 20.9. The Morgan fingerprint density at radius 1 is 0.970 bits per heavy atom. The fourth-order valence-corrected chi connectivity index (χ4v) is 4.23. The van der Waals surface area contributed by atoms with E-state index in [2.05, 4.69) is 46.4 Å². The van der Waals surface area contributed by atoms with Gasteiger partial charge in [0, 0.05) is 44.3 Å². The maximum absolute atomic E-state index is 13.7. The van der Waals surface area contributed by atoms with E-state index in [1.807, 2.05) is 40.1 Å². The third kappa shape index (κ3) is 4.37. The zero-order valence-corrected chi connectivity index (χ0v) is 18.4. The van der Waals surface area contributed by atoms with Crippen LogP contribution in [-0.4, -0.2) is 56.5 Å². The molecule has 1 amide bonds. The van der Waals surface area contributed by atoms with E-state index in [4.69, 9.17) is 0 Å². The molecule has 0 atom stereocenters. The molecule has 0 aliphatic carbocycles. The van der Waals surface area contributed by atoms with E-state index in [1.165, 1.54) is 23.4 Å². The van der Waals surface area contributed by atoms with Gasteiger partial charge in [-0.25, -0.2) is 9.07 Å². The summed E-state index contributed by atoms with van der Waals surface area (Å²) in [5.41, 5.74) is 3.44. The predicted octanol–water partition coefficient (Wildman–Crippen LogP) is 3.53. The normalized spacial score (nSPS) is 14.0. The van der Waals surface area contributed by atoms with Gasteiger partial charge in [0.2, 0.25) is 0 Å². The first-order valence-electron chi connectivity index (χ1n) is 11.0. The maximum atomic E-state index is 13.7. The molecular weight excluding hydrogens is 419 g/mol. The molecule has 0 spiro atoms. The molecular formula is C25H25FN6O. The number of benzene rings is 2. The molecule has 2 aromatic heterocycles. The smallest absolute Gasteiger partial charge is 0.278 e. The molecule has 4 aromatic rings. The maximum Gasteiger partial charge on any atom is 0.278 e. The molecule has 3 heterocycles. The van der Waals surface area contributed by atoms with Crippen LogP contribution in [0.25, 0.3) is 5.82 Å². The van der Waals surface area contributed by atoms with Gasteiger partial charge in [-0.05, 0) is 54.4 Å². The molecule has 1 aliphatic rings. The Labute approximate surface area is 191 Å². The zero-order valence-electron chi connectivity index (χ0n) is 18.4. The molecule has 168 valence electrons. The monoisotopic (exact) mass is 444 g/mol. The Morgan fingerprint density at radius 2 is 1.73 bits per heavy atom. The van der Waals surface area contributed by atoms with Crippen molar-refractivity contribution in [3.63, 3.8) is 0 Å². The van der Waals surface area contributed by atoms with Gasteiger partial charge in [0.15, 0.2) is 11.5 Å². The zero-order chi connectivity index (χ0) is 22.8. The predicted molar refractivity (Wildman–Crippen MR) is 124 cm³/mol. The number of amides is 1. The summed E-state index contributed by atoms with van der Waals surface area (Å²) >= 11 is 0. The van der Waals surface area contributed by atoms with Crippen molar-refractivity contribution in [2.75, 3.05) is 31.1 Å². The standard InChI is InChI=1S/C25H25FN6O/c1-19-6-4-9-22(16-19)29-12-14-31(15-13-29)25(33)23-24(30-10-2-3-11-30)32(28-27-23)18-20-7-5-8-21(26)17-20/h2-11,16-17H,12-15,18H2,1H3. The molecule has 5 rings (SSSR count). The molecule has 8 heteroatoms. The molecule has 0 unspecified atom stereocenters. The van der Waals surface area contributed by atoms with Crippen LogP contribution in [0, 0.1) is 12.7 Å². The number of anilines is 1. The molecule has 0 N–H and O–H groups in total. The first-order chi connectivity index (χ1) is 16.1. The van der Waals surface area contributed by atoms with Gasteiger partial charge in [0.05, 0.1) is 6.54 Å². The quantitative estimate of drug-likeness (QED) is 0.473. The number of halogens is 1. The van der Waals surface area contributed by atoms with Crippen LogP contribution in [0.4, 0.5) is 10.1 Å². The molecule has 0 saturated carbocycles. The van der Waals surface area contributed by atoms with E-state index in [0.29, 0.717) is 31.1 Å². The lowest BCUT2D eigenvalue weighted by Gasteiger charge is -2.36. The van der Waals surface area contributed by atoms with Gasteiger partial charge in [0.25, 0.3) is 5.91 Å².